The molecule has 20 heavy (non-hydrogen) atoms. The SMILES string of the molecule is CCCCC(CC)COc1ccc2c(c1)C(=O)CCC2. The van der Waals surface area contributed by atoms with Crippen LogP contribution >= 0.6 is 0 Å². The van der Waals surface area contributed by atoms with Gasteiger partial charge in [-0.15, -0.1) is 0 Å². The Morgan fingerprint density at radius 3 is 2.85 bits per heavy atom. The van der Waals surface area contributed by atoms with E-state index < -0.39 is 0 Å². The van der Waals surface area contributed by atoms with Crippen molar-refractivity contribution >= 4 is 5.78 Å². The van der Waals surface area contributed by atoms with Crippen LogP contribution in [0.2, 0.25) is 0 Å². The first-order valence-electron chi connectivity index (χ1n) is 8.03. The van der Waals surface area contributed by atoms with E-state index in [9.17, 15) is 4.79 Å². The monoisotopic (exact) mass is 274 g/mol. The molecule has 0 heterocycles. The van der Waals surface area contributed by atoms with Crippen molar-refractivity contribution in [3.05, 3.63) is 29.3 Å². The smallest absolute Gasteiger partial charge is 0.163 e. The summed E-state index contributed by atoms with van der Waals surface area (Å²) in [6.07, 6.45) is 7.59. The summed E-state index contributed by atoms with van der Waals surface area (Å²) >= 11 is 0. The lowest BCUT2D eigenvalue weighted by molar-refractivity contribution is 0.0972. The second kappa shape index (κ2) is 7.47. The van der Waals surface area contributed by atoms with Gasteiger partial charge in [0.2, 0.25) is 0 Å². The van der Waals surface area contributed by atoms with Crippen molar-refractivity contribution in [2.45, 2.75) is 58.8 Å². The van der Waals surface area contributed by atoms with Crippen molar-refractivity contribution < 1.29 is 9.53 Å². The Bertz CT molecular complexity index is 451. The van der Waals surface area contributed by atoms with E-state index in [1.807, 2.05) is 12.1 Å². The normalized spacial score (nSPS) is 15.8. The Kier molecular flexibility index (Phi) is 5.63. The number of benzene rings is 1. The maximum absolute atomic E-state index is 11.9. The standard InChI is InChI=1S/C18H26O2/c1-3-5-7-14(4-2)13-20-16-11-10-15-8-6-9-18(19)17(15)12-16/h10-12,14H,3-9,13H2,1-2H3. The van der Waals surface area contributed by atoms with Crippen LogP contribution in [-0.4, -0.2) is 12.4 Å². The fourth-order valence-corrected chi connectivity index (χ4v) is 2.81. The Labute approximate surface area is 122 Å². The van der Waals surface area contributed by atoms with Crippen LogP contribution in [0.15, 0.2) is 18.2 Å². The Hall–Kier alpha value is -1.31. The zero-order valence-corrected chi connectivity index (χ0v) is 12.8. The van der Waals surface area contributed by atoms with Gasteiger partial charge in [-0.3, -0.25) is 4.79 Å². The van der Waals surface area contributed by atoms with Crippen LogP contribution in [-0.2, 0) is 6.42 Å². The number of Topliss-reactive ketones (excluding diaryl/α,β-unsaturated/α-hetero) is 1. The highest BCUT2D eigenvalue weighted by molar-refractivity contribution is 5.98. The van der Waals surface area contributed by atoms with E-state index in [2.05, 4.69) is 19.9 Å². The van der Waals surface area contributed by atoms with Crippen LogP contribution in [0.25, 0.3) is 0 Å². The highest BCUT2D eigenvalue weighted by atomic mass is 16.5. The van der Waals surface area contributed by atoms with Crippen LogP contribution in [0, 0.1) is 5.92 Å². The molecule has 0 N–H and O–H groups in total. The molecule has 1 aromatic rings. The van der Waals surface area contributed by atoms with E-state index in [-0.39, 0.29) is 5.78 Å². The lowest BCUT2D eigenvalue weighted by atomic mass is 9.90. The van der Waals surface area contributed by atoms with E-state index in [0.29, 0.717) is 12.3 Å². The number of hydrogen-bond donors (Lipinski definition) is 0. The minimum Gasteiger partial charge on any atom is -0.493 e. The van der Waals surface area contributed by atoms with E-state index in [1.54, 1.807) is 0 Å². The topological polar surface area (TPSA) is 26.3 Å². The molecule has 1 unspecified atom stereocenters. The average molecular weight is 274 g/mol. The molecule has 1 aliphatic carbocycles. The number of hydrogen-bond acceptors (Lipinski definition) is 2. The minimum atomic E-state index is 0.273. The molecule has 0 radical (unpaired) electrons. The third-order valence-electron chi connectivity index (χ3n) is 4.26. The third-order valence-corrected chi connectivity index (χ3v) is 4.26. The average Bonchev–Trinajstić information content (AvgIpc) is 2.48. The van der Waals surface area contributed by atoms with Gasteiger partial charge in [0.05, 0.1) is 6.61 Å². The van der Waals surface area contributed by atoms with Gasteiger partial charge in [-0.25, -0.2) is 0 Å². The van der Waals surface area contributed by atoms with Crippen LogP contribution in [0.1, 0.15) is 68.3 Å². The number of fused-ring (bicyclic) bond motifs is 1. The summed E-state index contributed by atoms with van der Waals surface area (Å²) in [5.41, 5.74) is 2.07. The molecule has 0 aromatic heterocycles. The van der Waals surface area contributed by atoms with E-state index in [1.165, 1.54) is 24.8 Å². The van der Waals surface area contributed by atoms with Gasteiger partial charge in [0, 0.05) is 12.0 Å². The van der Waals surface area contributed by atoms with Gasteiger partial charge in [-0.05, 0) is 42.9 Å². The maximum atomic E-state index is 11.9. The first-order chi connectivity index (χ1) is 9.74. The Balaban J connectivity index is 1.96. The quantitative estimate of drug-likeness (QED) is 0.714. The van der Waals surface area contributed by atoms with Gasteiger partial charge in [-0.2, -0.15) is 0 Å². The molecular weight excluding hydrogens is 248 g/mol. The molecule has 0 saturated heterocycles. The molecule has 1 atom stereocenters. The number of unbranched alkanes of at least 4 members (excludes halogenated alkanes) is 1. The first kappa shape index (κ1) is 15.1. The summed E-state index contributed by atoms with van der Waals surface area (Å²) in [7, 11) is 0. The highest BCUT2D eigenvalue weighted by Gasteiger charge is 2.17. The zero-order chi connectivity index (χ0) is 14.4. The molecule has 2 rings (SSSR count). The van der Waals surface area contributed by atoms with E-state index in [4.69, 9.17) is 4.74 Å². The third kappa shape index (κ3) is 3.84. The van der Waals surface area contributed by atoms with Crippen LogP contribution < -0.4 is 4.74 Å². The second-order valence-corrected chi connectivity index (χ2v) is 5.82. The summed E-state index contributed by atoms with van der Waals surface area (Å²) in [5, 5.41) is 0. The Morgan fingerprint density at radius 2 is 2.10 bits per heavy atom. The molecule has 0 aliphatic heterocycles. The van der Waals surface area contributed by atoms with Crippen LogP contribution in [0.4, 0.5) is 0 Å². The molecular formula is C18H26O2. The summed E-state index contributed by atoms with van der Waals surface area (Å²) in [4.78, 5) is 11.9. The number of ketones is 1. The number of rotatable bonds is 7. The van der Waals surface area contributed by atoms with Gasteiger partial charge in [0.1, 0.15) is 5.75 Å². The molecule has 2 nitrogen and oxygen atoms in total. The van der Waals surface area contributed by atoms with Gasteiger partial charge in [0.25, 0.3) is 0 Å². The van der Waals surface area contributed by atoms with Gasteiger partial charge in [-0.1, -0.05) is 39.2 Å². The van der Waals surface area contributed by atoms with E-state index >= 15 is 0 Å². The van der Waals surface area contributed by atoms with Crippen molar-refractivity contribution in [2.24, 2.45) is 5.92 Å². The predicted molar refractivity (Wildman–Crippen MR) is 82.5 cm³/mol. The predicted octanol–water partition coefficient (Wildman–Crippen LogP) is 4.80. The van der Waals surface area contributed by atoms with Crippen molar-refractivity contribution in [1.82, 2.24) is 0 Å². The minimum absolute atomic E-state index is 0.273. The molecule has 0 fully saturated rings. The van der Waals surface area contributed by atoms with Crippen LogP contribution in [0.5, 0.6) is 5.75 Å². The molecule has 1 aliphatic rings. The van der Waals surface area contributed by atoms with Gasteiger partial charge < -0.3 is 4.74 Å². The number of ether oxygens (including phenoxy) is 1. The number of carbonyl (C=O) groups excluding carboxylic acids is 1. The lowest BCUT2D eigenvalue weighted by Gasteiger charge is -2.18. The van der Waals surface area contributed by atoms with Gasteiger partial charge in [0.15, 0.2) is 5.78 Å². The first-order valence-corrected chi connectivity index (χ1v) is 8.03. The highest BCUT2D eigenvalue weighted by Crippen LogP contribution is 2.26. The fraction of sp³-hybridized carbons (Fsp3) is 0.611. The lowest BCUT2D eigenvalue weighted by Crippen LogP contribution is -2.13. The summed E-state index contributed by atoms with van der Waals surface area (Å²) in [6, 6.07) is 6.03. The molecule has 0 amide bonds. The summed E-state index contributed by atoms with van der Waals surface area (Å²) in [5.74, 6) is 1.75. The number of aryl methyl sites for hydroxylation is 1. The second-order valence-electron chi connectivity index (χ2n) is 5.82. The van der Waals surface area contributed by atoms with Crippen molar-refractivity contribution in [3.8, 4) is 5.75 Å². The molecule has 0 spiro atoms. The fourth-order valence-electron chi connectivity index (χ4n) is 2.81. The largest absolute Gasteiger partial charge is 0.493 e. The zero-order valence-electron chi connectivity index (χ0n) is 12.8. The van der Waals surface area contributed by atoms with E-state index in [0.717, 1.165) is 37.2 Å². The maximum Gasteiger partial charge on any atom is 0.163 e. The number of carbonyl (C=O) groups is 1. The molecule has 0 bridgehead atoms. The summed E-state index contributed by atoms with van der Waals surface area (Å²) < 4.78 is 5.92. The molecule has 110 valence electrons. The van der Waals surface area contributed by atoms with Crippen molar-refractivity contribution in [1.29, 1.82) is 0 Å². The van der Waals surface area contributed by atoms with Crippen molar-refractivity contribution in [3.63, 3.8) is 0 Å². The molecule has 1 aromatic carbocycles. The molecule has 2 heteroatoms. The molecule has 0 saturated carbocycles. The summed E-state index contributed by atoms with van der Waals surface area (Å²) in [6.45, 7) is 5.21. The van der Waals surface area contributed by atoms with Gasteiger partial charge >= 0.3 is 0 Å². The van der Waals surface area contributed by atoms with Crippen LogP contribution in [0.3, 0.4) is 0 Å². The Morgan fingerprint density at radius 1 is 1.25 bits per heavy atom. The van der Waals surface area contributed by atoms with Crippen molar-refractivity contribution in [2.75, 3.05) is 6.61 Å².